The van der Waals surface area contributed by atoms with Crippen molar-refractivity contribution in [3.05, 3.63) is 129 Å². The Bertz CT molecular complexity index is 3050. The van der Waals surface area contributed by atoms with Crippen LogP contribution < -0.4 is 64.4 Å². The second-order valence-corrected chi connectivity index (χ2v) is 13.5. The molecule has 62 heavy (non-hydrogen) atoms. The number of nitro benzene ring substituents is 2. The van der Waals surface area contributed by atoms with Gasteiger partial charge in [0.05, 0.1) is 22.6 Å². The number of carbonyl (C=O) groups excluding carboxylic acids is 1. The number of nitrogens with one attached hydrogen (secondary N) is 1. The number of phenolic OH excluding ortho intramolecular Hbond substituents is 4. The van der Waals surface area contributed by atoms with E-state index in [4.69, 9.17) is 0 Å². The molecule has 1 amide bonds. The number of azo groups is 2. The number of hydrogen-bond donors (Lipinski definition) is 6. The number of phenols is 4. The van der Waals surface area contributed by atoms with Crippen molar-refractivity contribution in [3.8, 4) is 23.0 Å². The van der Waals surface area contributed by atoms with Crippen molar-refractivity contribution in [3.63, 3.8) is 0 Å². The molecule has 0 atom stereocenters. The molecule has 0 spiro atoms. The number of amides is 1. The minimum atomic E-state index is -4.81. The average molecular weight is 920 g/mol. The Morgan fingerprint density at radius 1 is 0.629 bits per heavy atom. The smallest absolute Gasteiger partial charge is 0.506 e. The van der Waals surface area contributed by atoms with E-state index in [9.17, 15) is 58.4 Å². The summed E-state index contributed by atoms with van der Waals surface area (Å²) in [5.74, 6) is -1.35. The Morgan fingerprint density at radius 2 is 1.18 bits per heavy atom. The number of non-ortho nitro benzene ring substituents is 2. The zero-order valence-corrected chi connectivity index (χ0v) is 38.5. The van der Waals surface area contributed by atoms with Crippen LogP contribution in [-0.2, 0) is 32.2 Å². The molecule has 7 aromatic carbocycles. The van der Waals surface area contributed by atoms with Crippen LogP contribution in [0.25, 0.3) is 32.3 Å². The van der Waals surface area contributed by atoms with E-state index in [1.807, 2.05) is 0 Å². The van der Waals surface area contributed by atoms with Gasteiger partial charge in [-0.15, -0.1) is 20.5 Å². The molecular weight excluding hydrogens is 892 g/mol. The van der Waals surface area contributed by atoms with Gasteiger partial charge in [-0.1, -0.05) is 48.5 Å². The second kappa shape index (κ2) is 21.3. The van der Waals surface area contributed by atoms with Gasteiger partial charge in [-0.3, -0.25) is 30.1 Å². The largest absolute Gasteiger partial charge is 1.00 e. The Kier molecular flexibility index (Phi) is 17.4. The summed E-state index contributed by atoms with van der Waals surface area (Å²) in [6.07, 6.45) is -0.713. The molecule has 7 rings (SSSR count). The molecule has 0 bridgehead atoms. The number of benzene rings is 7. The number of nitro groups is 2. The first kappa shape index (κ1) is 50.6. The summed E-state index contributed by atoms with van der Waals surface area (Å²) in [6, 6.07) is 25.5. The molecule has 20 nitrogen and oxygen atoms in total. The summed E-state index contributed by atoms with van der Waals surface area (Å²) in [7, 11) is -3.60. The van der Waals surface area contributed by atoms with E-state index in [2.05, 4.69) is 30.5 Å². The van der Waals surface area contributed by atoms with E-state index in [-0.39, 0.29) is 133 Å². The first-order valence-electron chi connectivity index (χ1n) is 16.6. The number of aromatic hydroxyl groups is 4. The Labute approximate surface area is 404 Å². The van der Waals surface area contributed by atoms with E-state index in [0.29, 0.717) is 21.8 Å². The van der Waals surface area contributed by atoms with Crippen molar-refractivity contribution < 1.29 is 129 Å². The number of ether oxygens (including phenoxy) is 1. The third kappa shape index (κ3) is 11.2. The molecule has 0 radical (unpaired) electrons. The van der Waals surface area contributed by atoms with Crippen LogP contribution in [-0.4, -0.2) is 56.4 Å². The molecule has 0 aliphatic heterocycles. The van der Waals surface area contributed by atoms with E-state index < -0.39 is 42.4 Å². The van der Waals surface area contributed by atoms with E-state index in [0.717, 1.165) is 41.8 Å². The first-order chi connectivity index (χ1) is 28.1. The van der Waals surface area contributed by atoms with E-state index in [1.165, 1.54) is 25.3 Å². The molecular formula is C38H27CrN7Na2O13S+2. The van der Waals surface area contributed by atoms with Crippen LogP contribution in [0.3, 0.4) is 0 Å². The molecule has 0 fully saturated rings. The molecule has 0 heterocycles. The molecule has 6 N–H and O–H groups in total. The van der Waals surface area contributed by atoms with Gasteiger partial charge in [-0.25, -0.2) is 4.79 Å². The first-order valence-corrected chi connectivity index (χ1v) is 18.0. The van der Waals surface area contributed by atoms with Crippen LogP contribution in [0, 0.1) is 20.2 Å². The minimum absolute atomic E-state index is 0. The van der Waals surface area contributed by atoms with Crippen LogP contribution >= 0.6 is 0 Å². The average Bonchev–Trinajstić information content (AvgIpc) is 3.20. The quantitative estimate of drug-likeness (QED) is 0.0417. The number of nitrogens with zero attached hydrogens (tertiary/aromatic N) is 6. The van der Waals surface area contributed by atoms with Crippen molar-refractivity contribution in [1.29, 1.82) is 0 Å². The van der Waals surface area contributed by atoms with E-state index >= 15 is 0 Å². The molecule has 304 valence electrons. The zero-order chi connectivity index (χ0) is 42.6. The van der Waals surface area contributed by atoms with Crippen molar-refractivity contribution >= 4 is 88.3 Å². The van der Waals surface area contributed by atoms with Gasteiger partial charge in [0, 0.05) is 69.2 Å². The standard InChI is InChI=1S/C20H13N3O7S.C18H14N4O6.Cr.2Na/c24-16-8-5-11-3-1-2-4-13(11)19(16)21-22-20-14-7-6-12(23(26)27)9-15(14)18(10-17(20)25)31(28,29)30;1-28-18(25)19-12-4-2-3-10-5-7-15(24)17(16(10)12)21-20-13-9-11(22(26)27)6-8-14(13)23;;;/h1-10,24-25H,(H,28,29,30);2-9,23-24H,1H3,(H,19,25);;;/q;;;2*+1. The number of methoxy groups -OCH3 is 1. The molecule has 0 saturated carbocycles. The van der Waals surface area contributed by atoms with Gasteiger partial charge in [0.25, 0.3) is 21.5 Å². The molecule has 24 heteroatoms. The van der Waals surface area contributed by atoms with Crippen molar-refractivity contribution in [2.24, 2.45) is 20.5 Å². The summed E-state index contributed by atoms with van der Waals surface area (Å²) < 4.78 is 37.6. The summed E-state index contributed by atoms with van der Waals surface area (Å²) in [5, 5.41) is 83.2. The van der Waals surface area contributed by atoms with Gasteiger partial charge in [0.15, 0.2) is 0 Å². The van der Waals surface area contributed by atoms with Crippen molar-refractivity contribution in [1.82, 2.24) is 0 Å². The predicted octanol–water partition coefficient (Wildman–Crippen LogP) is 3.73. The van der Waals surface area contributed by atoms with Crippen LogP contribution in [0.2, 0.25) is 0 Å². The fraction of sp³-hybridized carbons (Fsp3) is 0.0263. The number of anilines is 1. The Balaban J connectivity index is 0.000000317. The van der Waals surface area contributed by atoms with Gasteiger partial charge < -0.3 is 25.2 Å². The van der Waals surface area contributed by atoms with Crippen LogP contribution in [0.1, 0.15) is 0 Å². The molecule has 0 aromatic heterocycles. The molecule has 0 unspecified atom stereocenters. The third-order valence-electron chi connectivity index (χ3n) is 8.50. The molecule has 0 aliphatic carbocycles. The van der Waals surface area contributed by atoms with Gasteiger partial charge in [0.2, 0.25) is 0 Å². The van der Waals surface area contributed by atoms with E-state index in [1.54, 1.807) is 54.6 Å². The van der Waals surface area contributed by atoms with Crippen LogP contribution in [0.4, 0.5) is 44.6 Å². The third-order valence-corrected chi connectivity index (χ3v) is 9.39. The summed E-state index contributed by atoms with van der Waals surface area (Å²) in [5.41, 5.74) is -0.590. The number of fused-ring (bicyclic) bond motifs is 3. The summed E-state index contributed by atoms with van der Waals surface area (Å²) >= 11 is 0. The van der Waals surface area contributed by atoms with Crippen molar-refractivity contribution in [2.75, 3.05) is 12.4 Å². The molecule has 0 saturated heterocycles. The van der Waals surface area contributed by atoms with Crippen LogP contribution in [0.15, 0.2) is 135 Å². The van der Waals surface area contributed by atoms with Gasteiger partial charge in [-0.2, -0.15) is 8.42 Å². The normalized spacial score (nSPS) is 10.9. The van der Waals surface area contributed by atoms with Gasteiger partial charge in [-0.05, 0) is 41.1 Å². The minimum Gasteiger partial charge on any atom is -0.506 e. The number of hydrogen-bond acceptors (Lipinski definition) is 16. The maximum absolute atomic E-state index is 11.7. The monoisotopic (exact) mass is 919 g/mol. The Hall–Kier alpha value is -5.77. The predicted molar refractivity (Wildman–Crippen MR) is 212 cm³/mol. The maximum atomic E-state index is 11.7. The van der Waals surface area contributed by atoms with Gasteiger partial charge >= 0.3 is 65.2 Å². The SMILES string of the molecule is COC(=O)Nc1cccc2ccc(O)c(N=Nc3cc([N+](=O)[O-])ccc3O)c12.O=[N+]([O-])c1ccc2c(N=Nc3c(O)ccc4ccccc34)c(O)cc(S(=O)(=O)O)c2c1.[Cr].[Na+].[Na+]. The van der Waals surface area contributed by atoms with Crippen LogP contribution in [0.5, 0.6) is 23.0 Å². The fourth-order valence-electron chi connectivity index (χ4n) is 5.76. The Morgan fingerprint density at radius 3 is 1.82 bits per heavy atom. The second-order valence-electron chi connectivity index (χ2n) is 12.1. The molecule has 0 aliphatic rings. The van der Waals surface area contributed by atoms with Crippen molar-refractivity contribution in [2.45, 2.75) is 4.90 Å². The summed E-state index contributed by atoms with van der Waals surface area (Å²) in [6.45, 7) is 0. The fourth-order valence-corrected chi connectivity index (χ4v) is 6.46. The summed E-state index contributed by atoms with van der Waals surface area (Å²) in [4.78, 5) is 31.5. The molecule has 7 aromatic rings. The maximum Gasteiger partial charge on any atom is 1.00 e. The number of carbonyl (C=O) groups is 1. The van der Waals surface area contributed by atoms with Gasteiger partial charge in [0.1, 0.15) is 50.6 Å². The number of rotatable bonds is 8. The topological polar surface area (TPSA) is 309 Å². The zero-order valence-electron chi connectivity index (χ0n) is 32.4.